The van der Waals surface area contributed by atoms with Crippen molar-refractivity contribution in [3.63, 3.8) is 0 Å². The Balaban J connectivity index is 3.23. The fraction of sp³-hybridized carbons (Fsp3) is 0.167. The Bertz CT molecular complexity index is 368. The molecule has 0 heterocycles. The summed E-state index contributed by atoms with van der Waals surface area (Å²) >= 11 is 11.2. The molecule has 5 nitrogen and oxygen atoms in total. The number of alkyl halides is 1. The summed E-state index contributed by atoms with van der Waals surface area (Å²) in [7, 11) is 0. The van der Waals surface area contributed by atoms with E-state index in [1.807, 2.05) is 0 Å². The van der Waals surface area contributed by atoms with Gasteiger partial charge in [-0.2, -0.15) is 4.79 Å². The number of nitrogens with zero attached hydrogens (tertiary/aromatic N) is 3. The van der Waals surface area contributed by atoms with Gasteiger partial charge in [-0.05, 0) is 6.08 Å². The van der Waals surface area contributed by atoms with Gasteiger partial charge in [-0.3, -0.25) is 10.1 Å². The van der Waals surface area contributed by atoms with Gasteiger partial charge < -0.3 is 5.53 Å². The number of hydrogen-bond acceptors (Lipinski definition) is 2. The number of halogens is 2. The predicted molar refractivity (Wildman–Crippen MR) is 47.3 cm³/mol. The average molecular weight is 220 g/mol. The van der Waals surface area contributed by atoms with Crippen LogP contribution in [-0.4, -0.2) is 20.8 Å². The molecule has 7 heteroatoms. The molecule has 1 aliphatic rings. The molecule has 0 aromatic rings. The molecule has 13 heavy (non-hydrogen) atoms. The third kappa shape index (κ3) is 1.95. The van der Waals surface area contributed by atoms with Gasteiger partial charge in [0.25, 0.3) is 0 Å². The van der Waals surface area contributed by atoms with Gasteiger partial charge in [0.1, 0.15) is 0 Å². The van der Waals surface area contributed by atoms with Crippen LogP contribution in [0.5, 0.6) is 0 Å². The van der Waals surface area contributed by atoms with Crippen molar-refractivity contribution < 1.29 is 9.71 Å². The molecular weight excluding hydrogens is 217 g/mol. The second-order valence-electron chi connectivity index (χ2n) is 2.23. The van der Waals surface area contributed by atoms with E-state index in [0.29, 0.717) is 0 Å². The van der Waals surface area contributed by atoms with Crippen LogP contribution in [0.3, 0.4) is 0 Å². The van der Waals surface area contributed by atoms with E-state index in [1.54, 1.807) is 0 Å². The van der Waals surface area contributed by atoms with Crippen molar-refractivity contribution in [1.82, 2.24) is 0 Å². The first-order chi connectivity index (χ1) is 6.06. The third-order valence-corrected chi connectivity index (χ3v) is 1.98. The molecule has 0 amide bonds. The second kappa shape index (κ2) is 3.70. The highest BCUT2D eigenvalue weighted by Gasteiger charge is 2.36. The first-order valence-electron chi connectivity index (χ1n) is 3.16. The van der Waals surface area contributed by atoms with Crippen LogP contribution in [0.15, 0.2) is 22.9 Å². The van der Waals surface area contributed by atoms with Crippen LogP contribution in [0.4, 0.5) is 0 Å². The Morgan fingerprint density at radius 3 is 2.77 bits per heavy atom. The van der Waals surface area contributed by atoms with E-state index in [2.05, 4.69) is 4.79 Å². The lowest BCUT2D eigenvalue weighted by Crippen LogP contribution is -2.24. The summed E-state index contributed by atoms with van der Waals surface area (Å²) in [6, 6.07) is 0. The summed E-state index contributed by atoms with van der Waals surface area (Å²) in [5.74, 6) is 0. The average Bonchev–Trinajstić information content (AvgIpc) is 2.02. The maximum atomic E-state index is 10.4. The summed E-state index contributed by atoms with van der Waals surface area (Å²) in [6.07, 6.45) is 2.42. The molecule has 1 rings (SSSR count). The summed E-state index contributed by atoms with van der Waals surface area (Å²) in [5, 5.41) is 9.70. The Labute approximate surface area is 83.0 Å². The lowest BCUT2D eigenvalue weighted by molar-refractivity contribution is -0.417. The topological polar surface area (TPSA) is 79.5 Å². The first kappa shape index (κ1) is 9.92. The molecule has 0 saturated heterocycles. The Kier molecular flexibility index (Phi) is 2.83. The fourth-order valence-electron chi connectivity index (χ4n) is 0.865. The van der Waals surface area contributed by atoms with Crippen molar-refractivity contribution in [1.29, 1.82) is 0 Å². The first-order valence-corrected chi connectivity index (χ1v) is 3.97. The van der Waals surface area contributed by atoms with Crippen LogP contribution >= 0.6 is 23.2 Å². The highest BCUT2D eigenvalue weighted by Crippen LogP contribution is 2.21. The second-order valence-corrected chi connectivity index (χ2v) is 3.13. The standard InChI is InChI=1S/C6H3Cl2N3O2/c7-3-1-4(8)6(10-9)5(2-3)11(12)13/h1-2,4H. The maximum absolute atomic E-state index is 10.4. The van der Waals surface area contributed by atoms with E-state index in [1.165, 1.54) is 6.08 Å². The predicted octanol–water partition coefficient (Wildman–Crippen LogP) is 1.56. The summed E-state index contributed by atoms with van der Waals surface area (Å²) in [6.45, 7) is 0. The molecule has 0 aromatic carbocycles. The third-order valence-electron chi connectivity index (χ3n) is 1.41. The number of nitro groups is 1. The van der Waals surface area contributed by atoms with Crippen molar-refractivity contribution in [2.24, 2.45) is 0 Å². The molecule has 68 valence electrons. The fourth-order valence-corrected chi connectivity index (χ4v) is 1.45. The Hall–Kier alpha value is -1.16. The molecule has 0 N–H and O–H groups in total. The lowest BCUT2D eigenvalue weighted by atomic mass is 10.1. The van der Waals surface area contributed by atoms with Crippen LogP contribution in [0.25, 0.3) is 5.53 Å². The minimum atomic E-state index is -0.872. The highest BCUT2D eigenvalue weighted by atomic mass is 35.5. The van der Waals surface area contributed by atoms with E-state index in [0.717, 1.165) is 6.08 Å². The van der Waals surface area contributed by atoms with Crippen molar-refractivity contribution in [3.05, 3.63) is 38.5 Å². The molecule has 0 aromatic heterocycles. The van der Waals surface area contributed by atoms with Gasteiger partial charge in [-0.15, -0.1) is 11.6 Å². The van der Waals surface area contributed by atoms with E-state index in [-0.39, 0.29) is 10.7 Å². The number of allylic oxidation sites excluding steroid dienone is 4. The van der Waals surface area contributed by atoms with E-state index in [4.69, 9.17) is 28.7 Å². The lowest BCUT2D eigenvalue weighted by Gasteiger charge is -2.03. The van der Waals surface area contributed by atoms with Crippen molar-refractivity contribution >= 4 is 28.9 Å². The van der Waals surface area contributed by atoms with Crippen LogP contribution < -0.4 is 0 Å². The summed E-state index contributed by atoms with van der Waals surface area (Å²) in [5.41, 5.74) is 7.85. The van der Waals surface area contributed by atoms with Gasteiger partial charge in [0.05, 0.1) is 4.92 Å². The summed E-state index contributed by atoms with van der Waals surface area (Å²) in [4.78, 5) is 12.4. The largest absolute Gasteiger partial charge is 0.389 e. The zero-order valence-corrected chi connectivity index (χ0v) is 7.66. The quantitative estimate of drug-likeness (QED) is 0.221. The molecule has 0 radical (unpaired) electrons. The van der Waals surface area contributed by atoms with Crippen LogP contribution in [0, 0.1) is 10.1 Å². The van der Waals surface area contributed by atoms with E-state index in [9.17, 15) is 10.1 Å². The molecule has 1 aliphatic carbocycles. The van der Waals surface area contributed by atoms with E-state index < -0.39 is 16.0 Å². The molecule has 0 bridgehead atoms. The van der Waals surface area contributed by atoms with Gasteiger partial charge in [0.2, 0.25) is 0 Å². The van der Waals surface area contributed by atoms with Crippen molar-refractivity contribution in [2.45, 2.75) is 5.38 Å². The molecule has 0 spiro atoms. The molecule has 1 atom stereocenters. The van der Waals surface area contributed by atoms with Crippen LogP contribution in [-0.2, 0) is 0 Å². The molecule has 0 saturated carbocycles. The van der Waals surface area contributed by atoms with Gasteiger partial charge in [-0.25, -0.2) is 0 Å². The normalized spacial score (nSPS) is 21.7. The molecular formula is C6H3Cl2N3O2. The minimum absolute atomic E-state index is 0.152. The SMILES string of the molecule is [N-]=[N+]=C1C([N+](=O)[O-])=CC(Cl)=CC1Cl. The molecule has 0 fully saturated rings. The van der Waals surface area contributed by atoms with Gasteiger partial charge in [-0.1, -0.05) is 11.6 Å². The highest BCUT2D eigenvalue weighted by molar-refractivity contribution is 6.39. The maximum Gasteiger partial charge on any atom is 0.389 e. The van der Waals surface area contributed by atoms with Crippen molar-refractivity contribution in [3.8, 4) is 0 Å². The monoisotopic (exact) mass is 219 g/mol. The van der Waals surface area contributed by atoms with Gasteiger partial charge in [0, 0.05) is 11.1 Å². The zero-order chi connectivity index (χ0) is 10.0. The Morgan fingerprint density at radius 2 is 2.31 bits per heavy atom. The van der Waals surface area contributed by atoms with Gasteiger partial charge >= 0.3 is 11.4 Å². The minimum Gasteiger partial charge on any atom is -0.361 e. The smallest absolute Gasteiger partial charge is 0.361 e. The van der Waals surface area contributed by atoms with Crippen LogP contribution in [0.1, 0.15) is 0 Å². The van der Waals surface area contributed by atoms with E-state index >= 15 is 0 Å². The van der Waals surface area contributed by atoms with Crippen LogP contribution in [0.2, 0.25) is 0 Å². The summed E-state index contributed by atoms with van der Waals surface area (Å²) < 4.78 is 0. The number of rotatable bonds is 1. The number of hydrogen-bond donors (Lipinski definition) is 0. The molecule has 0 aliphatic heterocycles. The molecule has 1 unspecified atom stereocenters. The zero-order valence-electron chi connectivity index (χ0n) is 6.15. The Morgan fingerprint density at radius 1 is 1.69 bits per heavy atom. The van der Waals surface area contributed by atoms with Crippen molar-refractivity contribution in [2.75, 3.05) is 0 Å². The van der Waals surface area contributed by atoms with Gasteiger partial charge in [0.15, 0.2) is 5.38 Å².